The molecule has 1 aromatic heterocycles. The van der Waals surface area contributed by atoms with Crippen LogP contribution in [0.3, 0.4) is 0 Å². The number of aromatic nitrogens is 1. The van der Waals surface area contributed by atoms with E-state index in [9.17, 15) is 37.9 Å². The van der Waals surface area contributed by atoms with E-state index in [1.807, 2.05) is 6.92 Å². The summed E-state index contributed by atoms with van der Waals surface area (Å²) >= 11 is 0. The second kappa shape index (κ2) is 9.91. The summed E-state index contributed by atoms with van der Waals surface area (Å²) < 4.78 is 42.4. The molecular formula is C25H27F3N4O5. The van der Waals surface area contributed by atoms with Gasteiger partial charge in [-0.2, -0.15) is 0 Å². The number of alkyl halides is 1. The maximum absolute atomic E-state index is 14.0. The Morgan fingerprint density at radius 2 is 2.03 bits per heavy atom. The number of fused-ring (bicyclic) bond motifs is 4. The fourth-order valence-electron chi connectivity index (χ4n) is 5.34. The van der Waals surface area contributed by atoms with Crippen LogP contribution in [0.4, 0.5) is 13.2 Å². The highest BCUT2D eigenvalue weighted by Gasteiger charge is 2.48. The smallest absolute Gasteiger partial charge is 0.274 e. The van der Waals surface area contributed by atoms with Gasteiger partial charge in [-0.05, 0) is 37.7 Å². The second-order valence-corrected chi connectivity index (χ2v) is 9.88. The van der Waals surface area contributed by atoms with Crippen LogP contribution < -0.4 is 10.7 Å². The molecule has 2 bridgehead atoms. The topological polar surface area (TPSA) is 124 Å². The van der Waals surface area contributed by atoms with Crippen molar-refractivity contribution in [2.75, 3.05) is 13.2 Å². The Bertz CT molecular complexity index is 1340. The van der Waals surface area contributed by atoms with Crippen molar-refractivity contribution in [1.29, 1.82) is 0 Å². The Kier molecular flexibility index (Phi) is 7.03. The van der Waals surface area contributed by atoms with Crippen LogP contribution in [0.1, 0.15) is 65.6 Å². The molecular weight excluding hydrogens is 493 g/mol. The van der Waals surface area contributed by atoms with Crippen molar-refractivity contribution >= 4 is 17.5 Å². The molecule has 1 aromatic carbocycles. The molecule has 0 aliphatic carbocycles. The zero-order chi connectivity index (χ0) is 27.1. The molecule has 2 amide bonds. The average molecular weight is 521 g/mol. The third-order valence-electron chi connectivity index (χ3n) is 7.38. The number of halogens is 3. The highest BCUT2D eigenvalue weighted by Crippen LogP contribution is 2.47. The van der Waals surface area contributed by atoms with Crippen molar-refractivity contribution < 1.29 is 33.1 Å². The molecule has 9 nitrogen and oxygen atoms in total. The molecule has 0 radical (unpaired) electrons. The van der Waals surface area contributed by atoms with Gasteiger partial charge in [0, 0.05) is 30.9 Å². The summed E-state index contributed by atoms with van der Waals surface area (Å²) in [4.78, 5) is 40.5. The minimum atomic E-state index is -1.11. The predicted molar refractivity (Wildman–Crippen MR) is 127 cm³/mol. The van der Waals surface area contributed by atoms with Crippen molar-refractivity contribution in [3.05, 3.63) is 63.1 Å². The van der Waals surface area contributed by atoms with Gasteiger partial charge >= 0.3 is 0 Å². The van der Waals surface area contributed by atoms with Crippen LogP contribution in [0.5, 0.6) is 5.75 Å². The third-order valence-corrected chi connectivity index (χ3v) is 7.38. The SMILES string of the molecule is C/C(C[C@@]1(C)CC[C@H](CF)N2C[C@H]1n1cc(C(=O)NCc3ccc(F)cc3F)c(=O)c(O)c1C2=O)=N/O. The van der Waals surface area contributed by atoms with Crippen LogP contribution >= 0.6 is 0 Å². The van der Waals surface area contributed by atoms with Gasteiger partial charge in [0.2, 0.25) is 5.43 Å². The number of pyridine rings is 1. The van der Waals surface area contributed by atoms with Crippen molar-refractivity contribution in [1.82, 2.24) is 14.8 Å². The molecule has 4 rings (SSSR count). The average Bonchev–Trinajstić information content (AvgIpc) is 2.98. The molecule has 3 N–H and O–H groups in total. The molecule has 3 atom stereocenters. The first-order chi connectivity index (χ1) is 17.5. The lowest BCUT2D eigenvalue weighted by atomic mass is 9.74. The van der Waals surface area contributed by atoms with Crippen LogP contribution in [0.2, 0.25) is 0 Å². The Morgan fingerprint density at radius 1 is 1.30 bits per heavy atom. The van der Waals surface area contributed by atoms with Crippen molar-refractivity contribution in [3.8, 4) is 5.75 Å². The van der Waals surface area contributed by atoms with Crippen LogP contribution in [0.25, 0.3) is 0 Å². The van der Waals surface area contributed by atoms with E-state index in [4.69, 9.17) is 0 Å². The summed E-state index contributed by atoms with van der Waals surface area (Å²) in [6.07, 6.45) is 2.19. The monoisotopic (exact) mass is 520 g/mol. The zero-order valence-corrected chi connectivity index (χ0v) is 20.3. The normalized spacial score (nSPS) is 23.4. The standard InChI is InChI=1S/C25H27F3N4O5/c1-13(30-37)8-25(2)6-5-16(9-26)31-12-19(25)32-11-17(21(33)22(34)20(32)24(31)36)23(35)29-10-14-3-4-15(27)7-18(14)28/h3-4,7,11,16,19,34,37H,5-6,8-10,12H2,1-2H3,(H,29,35)/b30-13-/t16-,19-,25-/m1/s1. The van der Waals surface area contributed by atoms with Crippen molar-refractivity contribution in [3.63, 3.8) is 0 Å². The number of nitrogens with one attached hydrogen (secondary N) is 1. The lowest BCUT2D eigenvalue weighted by molar-refractivity contribution is 0.0503. The Hall–Kier alpha value is -3.83. The van der Waals surface area contributed by atoms with E-state index >= 15 is 0 Å². The molecule has 2 aromatic rings. The number of carbonyl (C=O) groups excluding carboxylic acids is 2. The van der Waals surface area contributed by atoms with Crippen LogP contribution in [0, 0.1) is 17.0 Å². The van der Waals surface area contributed by atoms with E-state index in [0.29, 0.717) is 24.6 Å². The zero-order valence-electron chi connectivity index (χ0n) is 20.3. The molecule has 1 fully saturated rings. The molecule has 37 heavy (non-hydrogen) atoms. The first-order valence-electron chi connectivity index (χ1n) is 11.8. The summed E-state index contributed by atoms with van der Waals surface area (Å²) in [5, 5.41) is 25.7. The number of amides is 2. The molecule has 2 aliphatic heterocycles. The number of carbonyl (C=O) groups is 2. The maximum atomic E-state index is 14.0. The number of aromatic hydroxyl groups is 1. The molecule has 12 heteroatoms. The quantitative estimate of drug-likeness (QED) is 0.307. The number of hydrogen-bond donors (Lipinski definition) is 3. The number of hydrogen-bond acceptors (Lipinski definition) is 6. The molecule has 2 aliphatic rings. The van der Waals surface area contributed by atoms with E-state index in [0.717, 1.165) is 12.1 Å². The number of oxime groups is 1. The summed E-state index contributed by atoms with van der Waals surface area (Å²) in [5.74, 6) is -4.28. The second-order valence-electron chi connectivity index (χ2n) is 9.88. The minimum absolute atomic E-state index is 0.0183. The van der Waals surface area contributed by atoms with E-state index in [1.54, 1.807) is 6.92 Å². The molecule has 0 unspecified atom stereocenters. The van der Waals surface area contributed by atoms with Gasteiger partial charge in [0.15, 0.2) is 11.4 Å². The van der Waals surface area contributed by atoms with Crippen LogP contribution in [-0.4, -0.2) is 56.6 Å². The first-order valence-corrected chi connectivity index (χ1v) is 11.8. The highest BCUT2D eigenvalue weighted by atomic mass is 19.1. The van der Waals surface area contributed by atoms with Gasteiger partial charge in [0.05, 0.1) is 17.8 Å². The fourth-order valence-corrected chi connectivity index (χ4v) is 5.34. The van der Waals surface area contributed by atoms with E-state index in [2.05, 4.69) is 10.5 Å². The summed E-state index contributed by atoms with van der Waals surface area (Å²) in [6, 6.07) is 1.48. The predicted octanol–water partition coefficient (Wildman–Crippen LogP) is 3.14. The largest absolute Gasteiger partial charge is 0.503 e. The van der Waals surface area contributed by atoms with Gasteiger partial charge in [-0.1, -0.05) is 18.1 Å². The Labute approximate surface area is 210 Å². The molecule has 198 valence electrons. The number of nitrogens with zero attached hydrogens (tertiary/aromatic N) is 3. The van der Waals surface area contributed by atoms with Gasteiger partial charge in [-0.15, -0.1) is 0 Å². The highest BCUT2D eigenvalue weighted by molar-refractivity contribution is 5.99. The van der Waals surface area contributed by atoms with Crippen LogP contribution in [0.15, 0.2) is 34.3 Å². The fraction of sp³-hybridized carbons (Fsp3) is 0.440. The maximum Gasteiger partial charge on any atom is 0.274 e. The molecule has 1 saturated heterocycles. The number of benzene rings is 1. The molecule has 3 heterocycles. The first kappa shape index (κ1) is 26.2. The summed E-state index contributed by atoms with van der Waals surface area (Å²) in [6.45, 7) is 2.38. The third kappa shape index (κ3) is 4.67. The van der Waals surface area contributed by atoms with Crippen molar-refractivity contribution in [2.24, 2.45) is 10.6 Å². The molecule has 0 spiro atoms. The van der Waals surface area contributed by atoms with E-state index < -0.39 is 64.4 Å². The lowest BCUT2D eigenvalue weighted by Gasteiger charge is -2.43. The Morgan fingerprint density at radius 3 is 2.68 bits per heavy atom. The van der Waals surface area contributed by atoms with Gasteiger partial charge < -0.3 is 25.1 Å². The van der Waals surface area contributed by atoms with Gasteiger partial charge in [-0.25, -0.2) is 13.2 Å². The minimum Gasteiger partial charge on any atom is -0.503 e. The summed E-state index contributed by atoms with van der Waals surface area (Å²) in [5.41, 5.74) is -2.26. The Balaban J connectivity index is 1.77. The van der Waals surface area contributed by atoms with E-state index in [1.165, 1.54) is 15.7 Å². The van der Waals surface area contributed by atoms with Gasteiger partial charge in [0.25, 0.3) is 11.8 Å². The van der Waals surface area contributed by atoms with Crippen molar-refractivity contribution in [2.45, 2.75) is 51.7 Å². The molecule has 0 saturated carbocycles. The summed E-state index contributed by atoms with van der Waals surface area (Å²) in [7, 11) is 0. The van der Waals surface area contributed by atoms with E-state index in [-0.39, 0.29) is 30.8 Å². The van der Waals surface area contributed by atoms with Gasteiger partial charge in [0.1, 0.15) is 23.9 Å². The van der Waals surface area contributed by atoms with Gasteiger partial charge in [-0.3, -0.25) is 14.4 Å². The lowest BCUT2D eigenvalue weighted by Crippen LogP contribution is -2.51. The van der Waals surface area contributed by atoms with Crippen LogP contribution in [-0.2, 0) is 6.54 Å². The number of rotatable bonds is 6.